The van der Waals surface area contributed by atoms with Crippen LogP contribution in [0.3, 0.4) is 0 Å². The van der Waals surface area contributed by atoms with E-state index in [4.69, 9.17) is 0 Å². The van der Waals surface area contributed by atoms with Crippen LogP contribution >= 0.6 is 11.3 Å². The second-order valence-electron chi connectivity index (χ2n) is 3.42. The smallest absolute Gasteiger partial charge is 0.239 e. The number of aromatic nitrogens is 1. The first-order chi connectivity index (χ1) is 7.15. The molecule has 84 valence electrons. The van der Waals surface area contributed by atoms with Gasteiger partial charge in [0.25, 0.3) is 0 Å². The van der Waals surface area contributed by atoms with Gasteiger partial charge in [-0.1, -0.05) is 0 Å². The van der Waals surface area contributed by atoms with E-state index in [2.05, 4.69) is 10.3 Å². The molecule has 1 aromatic rings. The van der Waals surface area contributed by atoms with Crippen molar-refractivity contribution in [3.05, 3.63) is 16.6 Å². The van der Waals surface area contributed by atoms with Crippen molar-refractivity contribution in [3.8, 4) is 0 Å². The molecule has 0 spiro atoms. The summed E-state index contributed by atoms with van der Waals surface area (Å²) >= 11 is 1.59. The molecule has 1 unspecified atom stereocenters. The summed E-state index contributed by atoms with van der Waals surface area (Å²) in [5, 5.41) is 3.18. The monoisotopic (exact) mass is 227 g/mol. The van der Waals surface area contributed by atoms with E-state index in [0.717, 1.165) is 11.4 Å². The second-order valence-corrected chi connectivity index (χ2v) is 4.39. The molecular formula is C10H17N3OS. The zero-order valence-corrected chi connectivity index (χ0v) is 10.2. The third kappa shape index (κ3) is 3.60. The zero-order valence-electron chi connectivity index (χ0n) is 9.36. The minimum atomic E-state index is -0.142. The lowest BCUT2D eigenvalue weighted by atomic mass is 10.3. The fourth-order valence-corrected chi connectivity index (χ4v) is 1.70. The molecule has 0 saturated heterocycles. The summed E-state index contributed by atoms with van der Waals surface area (Å²) in [5.41, 5.74) is 1.79. The molecule has 0 aromatic carbocycles. The van der Waals surface area contributed by atoms with Gasteiger partial charge < -0.3 is 10.2 Å². The lowest BCUT2D eigenvalue weighted by Gasteiger charge is -2.20. The van der Waals surface area contributed by atoms with Crippen LogP contribution in [-0.2, 0) is 11.3 Å². The van der Waals surface area contributed by atoms with Gasteiger partial charge in [0, 0.05) is 31.2 Å². The van der Waals surface area contributed by atoms with Crippen LogP contribution in [0.2, 0.25) is 0 Å². The number of carbonyl (C=O) groups is 1. The Labute approximate surface area is 94.3 Å². The number of nitrogens with zero attached hydrogens (tertiary/aromatic N) is 2. The summed E-state index contributed by atoms with van der Waals surface area (Å²) in [6.45, 7) is 5.30. The number of likely N-dealkylation sites (N-methyl/N-ethyl adjacent to an activating group) is 1. The first-order valence-corrected chi connectivity index (χ1v) is 5.88. The molecule has 0 aliphatic carbocycles. The van der Waals surface area contributed by atoms with E-state index in [1.165, 1.54) is 0 Å². The van der Waals surface area contributed by atoms with Crippen LogP contribution in [-0.4, -0.2) is 35.4 Å². The van der Waals surface area contributed by atoms with Gasteiger partial charge in [-0.05, 0) is 13.8 Å². The summed E-state index contributed by atoms with van der Waals surface area (Å²) in [4.78, 5) is 18.5. The van der Waals surface area contributed by atoms with Gasteiger partial charge in [-0.25, -0.2) is 0 Å². The Morgan fingerprint density at radius 1 is 1.73 bits per heavy atom. The van der Waals surface area contributed by atoms with Gasteiger partial charge in [0.05, 0.1) is 11.6 Å². The largest absolute Gasteiger partial charge is 0.345 e. The average molecular weight is 227 g/mol. The van der Waals surface area contributed by atoms with Gasteiger partial charge in [-0.2, -0.15) is 0 Å². The molecule has 4 nitrogen and oxygen atoms in total. The quantitative estimate of drug-likeness (QED) is 0.819. The number of carbonyl (C=O) groups excluding carboxylic acids is 1. The Morgan fingerprint density at radius 3 is 3.00 bits per heavy atom. The molecule has 1 N–H and O–H groups in total. The van der Waals surface area contributed by atoms with E-state index in [0.29, 0.717) is 6.54 Å². The molecule has 15 heavy (non-hydrogen) atoms. The van der Waals surface area contributed by atoms with Crippen molar-refractivity contribution in [1.29, 1.82) is 0 Å². The lowest BCUT2D eigenvalue weighted by Crippen LogP contribution is -2.42. The molecule has 1 heterocycles. The summed E-state index contributed by atoms with van der Waals surface area (Å²) in [5.74, 6) is 0.127. The molecule has 1 rings (SSSR count). The summed E-state index contributed by atoms with van der Waals surface area (Å²) in [6, 6.07) is -0.142. The highest BCUT2D eigenvalue weighted by molar-refractivity contribution is 7.09. The normalized spacial score (nSPS) is 12.5. The van der Waals surface area contributed by atoms with Crippen molar-refractivity contribution in [2.75, 3.05) is 13.6 Å². The van der Waals surface area contributed by atoms with Crippen LogP contribution in [0.1, 0.15) is 18.7 Å². The predicted octanol–water partition coefficient (Wildman–Crippen LogP) is 1.10. The Morgan fingerprint density at radius 2 is 2.47 bits per heavy atom. The highest BCUT2D eigenvalue weighted by atomic mass is 32.1. The molecule has 1 amide bonds. The van der Waals surface area contributed by atoms with Crippen molar-refractivity contribution < 1.29 is 4.79 Å². The third-order valence-corrected chi connectivity index (χ3v) is 3.07. The van der Waals surface area contributed by atoms with E-state index in [9.17, 15) is 4.79 Å². The minimum absolute atomic E-state index is 0.127. The number of hydrogen-bond donors (Lipinski definition) is 1. The van der Waals surface area contributed by atoms with Gasteiger partial charge in [0.1, 0.15) is 0 Å². The molecule has 0 radical (unpaired) electrons. The fraction of sp³-hybridized carbons (Fsp3) is 0.600. The lowest BCUT2D eigenvalue weighted by molar-refractivity contribution is -0.131. The van der Waals surface area contributed by atoms with E-state index in [1.54, 1.807) is 21.7 Å². The Bertz CT molecular complexity index is 300. The minimum Gasteiger partial charge on any atom is -0.345 e. The Hall–Kier alpha value is -0.940. The van der Waals surface area contributed by atoms with Gasteiger partial charge in [-0.3, -0.25) is 9.78 Å². The molecule has 0 fully saturated rings. The standard InChI is InChI=1S/C10H17N3OS/c1-4-13(3)10(14)8(2)12-6-9-5-11-7-15-9/h5,7-8,12H,4,6H2,1-3H3. The number of hydrogen-bond acceptors (Lipinski definition) is 4. The highest BCUT2D eigenvalue weighted by Crippen LogP contribution is 2.05. The second kappa shape index (κ2) is 5.82. The maximum Gasteiger partial charge on any atom is 0.239 e. The van der Waals surface area contributed by atoms with Crippen LogP contribution in [0.4, 0.5) is 0 Å². The van der Waals surface area contributed by atoms with E-state index >= 15 is 0 Å². The van der Waals surface area contributed by atoms with Crippen LogP contribution < -0.4 is 5.32 Å². The first kappa shape index (κ1) is 12.1. The Balaban J connectivity index is 2.35. The summed E-state index contributed by atoms with van der Waals surface area (Å²) in [6.07, 6.45) is 1.82. The van der Waals surface area contributed by atoms with Gasteiger partial charge in [0.2, 0.25) is 5.91 Å². The molecule has 0 bridgehead atoms. The SMILES string of the molecule is CCN(C)C(=O)C(C)NCc1cncs1. The number of nitrogens with one attached hydrogen (secondary N) is 1. The van der Waals surface area contributed by atoms with E-state index < -0.39 is 0 Å². The van der Waals surface area contributed by atoms with Crippen molar-refractivity contribution in [3.63, 3.8) is 0 Å². The van der Waals surface area contributed by atoms with Crippen molar-refractivity contribution in [2.45, 2.75) is 26.4 Å². The topological polar surface area (TPSA) is 45.2 Å². The van der Waals surface area contributed by atoms with Gasteiger partial charge in [0.15, 0.2) is 0 Å². The first-order valence-electron chi connectivity index (χ1n) is 5.00. The van der Waals surface area contributed by atoms with Crippen molar-refractivity contribution in [2.24, 2.45) is 0 Å². The number of thiazole rings is 1. The van der Waals surface area contributed by atoms with Crippen molar-refractivity contribution >= 4 is 17.2 Å². The number of rotatable bonds is 5. The van der Waals surface area contributed by atoms with Crippen LogP contribution in [0.15, 0.2) is 11.7 Å². The van der Waals surface area contributed by atoms with Crippen molar-refractivity contribution in [1.82, 2.24) is 15.2 Å². The molecule has 0 saturated carbocycles. The molecule has 1 aromatic heterocycles. The maximum atomic E-state index is 11.7. The third-order valence-electron chi connectivity index (χ3n) is 2.29. The highest BCUT2D eigenvalue weighted by Gasteiger charge is 2.15. The van der Waals surface area contributed by atoms with E-state index in [-0.39, 0.29) is 11.9 Å². The molecular weight excluding hydrogens is 210 g/mol. The fourth-order valence-electron chi connectivity index (χ4n) is 1.16. The van der Waals surface area contributed by atoms with Gasteiger partial charge >= 0.3 is 0 Å². The zero-order chi connectivity index (χ0) is 11.3. The molecule has 1 atom stereocenters. The average Bonchev–Trinajstić information content (AvgIpc) is 2.76. The maximum absolute atomic E-state index is 11.7. The van der Waals surface area contributed by atoms with Gasteiger partial charge in [-0.15, -0.1) is 11.3 Å². The van der Waals surface area contributed by atoms with E-state index in [1.807, 2.05) is 27.1 Å². The summed E-state index contributed by atoms with van der Waals surface area (Å²) in [7, 11) is 1.81. The molecule has 5 heteroatoms. The Kier molecular flexibility index (Phi) is 4.71. The van der Waals surface area contributed by atoms with Crippen LogP contribution in [0, 0.1) is 0 Å². The predicted molar refractivity (Wildman–Crippen MR) is 61.7 cm³/mol. The number of amides is 1. The summed E-state index contributed by atoms with van der Waals surface area (Å²) < 4.78 is 0. The molecule has 0 aliphatic rings. The van der Waals surface area contributed by atoms with Crippen LogP contribution in [0.25, 0.3) is 0 Å². The van der Waals surface area contributed by atoms with Crippen LogP contribution in [0.5, 0.6) is 0 Å². The molecule has 0 aliphatic heterocycles.